The molecule has 1 amide bonds. The molecule has 0 radical (unpaired) electrons. The van der Waals surface area contributed by atoms with Crippen LogP contribution < -0.4 is 5.32 Å². The standard InChI is InChI=1S/C19H19N3O2/c1-13-18(22-9-5-4-8-17(22)21-13)19(23)20-11-16-10-14-6-2-3-7-15(14)12-24-16/h2-9,16H,10-12H2,1H3,(H,20,23). The van der Waals surface area contributed by atoms with Crippen molar-refractivity contribution in [1.29, 1.82) is 0 Å². The number of pyridine rings is 1. The number of amides is 1. The predicted octanol–water partition coefficient (Wildman–Crippen LogP) is 2.51. The Bertz CT molecular complexity index is 901. The van der Waals surface area contributed by atoms with Gasteiger partial charge in [-0.25, -0.2) is 4.98 Å². The molecule has 3 heterocycles. The lowest BCUT2D eigenvalue weighted by molar-refractivity contribution is 0.0284. The van der Waals surface area contributed by atoms with E-state index in [9.17, 15) is 4.79 Å². The van der Waals surface area contributed by atoms with Crippen molar-refractivity contribution in [3.05, 3.63) is 71.2 Å². The van der Waals surface area contributed by atoms with Crippen LogP contribution in [-0.2, 0) is 17.8 Å². The Balaban J connectivity index is 1.46. The third-order valence-electron chi connectivity index (χ3n) is 4.45. The van der Waals surface area contributed by atoms with E-state index >= 15 is 0 Å². The molecule has 0 fully saturated rings. The average Bonchev–Trinajstić information content (AvgIpc) is 2.95. The Kier molecular flexibility index (Phi) is 3.78. The number of carbonyl (C=O) groups excluding carboxylic acids is 1. The Morgan fingerprint density at radius 3 is 2.92 bits per heavy atom. The van der Waals surface area contributed by atoms with Gasteiger partial charge in [0.05, 0.1) is 18.4 Å². The van der Waals surface area contributed by atoms with Gasteiger partial charge in [-0.05, 0) is 30.2 Å². The van der Waals surface area contributed by atoms with Crippen molar-refractivity contribution in [2.45, 2.75) is 26.1 Å². The molecule has 1 aromatic carbocycles. The van der Waals surface area contributed by atoms with Crippen LogP contribution in [-0.4, -0.2) is 27.9 Å². The minimum atomic E-state index is -0.117. The molecule has 5 nitrogen and oxygen atoms in total. The van der Waals surface area contributed by atoms with Gasteiger partial charge in [-0.15, -0.1) is 0 Å². The van der Waals surface area contributed by atoms with Crippen molar-refractivity contribution in [2.75, 3.05) is 6.54 Å². The highest BCUT2D eigenvalue weighted by Gasteiger charge is 2.21. The van der Waals surface area contributed by atoms with Gasteiger partial charge in [0.15, 0.2) is 0 Å². The number of hydrogen-bond donors (Lipinski definition) is 1. The number of fused-ring (bicyclic) bond motifs is 2. The van der Waals surface area contributed by atoms with E-state index in [1.165, 1.54) is 11.1 Å². The van der Waals surface area contributed by atoms with Gasteiger partial charge in [0, 0.05) is 19.2 Å². The highest BCUT2D eigenvalue weighted by atomic mass is 16.5. The molecule has 3 aromatic rings. The van der Waals surface area contributed by atoms with E-state index in [-0.39, 0.29) is 12.0 Å². The van der Waals surface area contributed by atoms with Crippen LogP contribution in [0.3, 0.4) is 0 Å². The number of nitrogens with zero attached hydrogens (tertiary/aromatic N) is 2. The third kappa shape index (κ3) is 2.67. The molecule has 1 N–H and O–H groups in total. The maximum Gasteiger partial charge on any atom is 0.270 e. The first-order valence-electron chi connectivity index (χ1n) is 8.12. The number of benzene rings is 1. The molecule has 5 heteroatoms. The number of nitrogens with one attached hydrogen (secondary N) is 1. The van der Waals surface area contributed by atoms with E-state index in [1.807, 2.05) is 47.9 Å². The zero-order valence-corrected chi connectivity index (χ0v) is 13.5. The topological polar surface area (TPSA) is 55.6 Å². The van der Waals surface area contributed by atoms with E-state index in [0.29, 0.717) is 18.8 Å². The second-order valence-corrected chi connectivity index (χ2v) is 6.09. The average molecular weight is 321 g/mol. The lowest BCUT2D eigenvalue weighted by atomic mass is 9.99. The summed E-state index contributed by atoms with van der Waals surface area (Å²) >= 11 is 0. The minimum Gasteiger partial charge on any atom is -0.371 e. The molecule has 0 bridgehead atoms. The zero-order chi connectivity index (χ0) is 16.5. The van der Waals surface area contributed by atoms with Crippen molar-refractivity contribution in [1.82, 2.24) is 14.7 Å². The maximum absolute atomic E-state index is 12.6. The molecular weight excluding hydrogens is 302 g/mol. The monoisotopic (exact) mass is 321 g/mol. The van der Waals surface area contributed by atoms with E-state index in [4.69, 9.17) is 4.74 Å². The Morgan fingerprint density at radius 1 is 1.25 bits per heavy atom. The van der Waals surface area contributed by atoms with Crippen LogP contribution >= 0.6 is 0 Å². The molecule has 24 heavy (non-hydrogen) atoms. The molecule has 0 saturated heterocycles. The fourth-order valence-corrected chi connectivity index (χ4v) is 3.22. The van der Waals surface area contributed by atoms with Crippen LogP contribution in [0.1, 0.15) is 27.3 Å². The van der Waals surface area contributed by atoms with Crippen molar-refractivity contribution in [2.24, 2.45) is 0 Å². The third-order valence-corrected chi connectivity index (χ3v) is 4.45. The Morgan fingerprint density at radius 2 is 2.04 bits per heavy atom. The van der Waals surface area contributed by atoms with Crippen molar-refractivity contribution in [3.8, 4) is 0 Å². The molecule has 2 aromatic heterocycles. The summed E-state index contributed by atoms with van der Waals surface area (Å²) in [4.78, 5) is 17.0. The van der Waals surface area contributed by atoms with Gasteiger partial charge in [0.25, 0.3) is 5.91 Å². The number of carbonyl (C=O) groups is 1. The number of rotatable bonds is 3. The number of ether oxygens (including phenoxy) is 1. The molecule has 0 aliphatic carbocycles. The molecule has 0 saturated carbocycles. The van der Waals surface area contributed by atoms with Gasteiger partial charge in [-0.3, -0.25) is 9.20 Å². The summed E-state index contributed by atoms with van der Waals surface area (Å²) in [6, 6.07) is 14.0. The van der Waals surface area contributed by atoms with Crippen molar-refractivity contribution in [3.63, 3.8) is 0 Å². The van der Waals surface area contributed by atoms with E-state index in [2.05, 4.69) is 22.4 Å². The predicted molar refractivity (Wildman–Crippen MR) is 91.0 cm³/mol. The van der Waals surface area contributed by atoms with Crippen LogP contribution in [0.25, 0.3) is 5.65 Å². The van der Waals surface area contributed by atoms with Crippen molar-refractivity contribution < 1.29 is 9.53 Å². The number of imidazole rings is 1. The van der Waals surface area contributed by atoms with E-state index in [1.54, 1.807) is 0 Å². The fraction of sp³-hybridized carbons (Fsp3) is 0.263. The largest absolute Gasteiger partial charge is 0.371 e. The normalized spacial score (nSPS) is 16.8. The summed E-state index contributed by atoms with van der Waals surface area (Å²) in [5.41, 5.74) is 4.63. The zero-order valence-electron chi connectivity index (χ0n) is 13.5. The summed E-state index contributed by atoms with van der Waals surface area (Å²) in [6.07, 6.45) is 2.68. The van der Waals surface area contributed by atoms with Gasteiger partial charge in [0.1, 0.15) is 11.3 Å². The summed E-state index contributed by atoms with van der Waals surface area (Å²) in [6.45, 7) is 2.95. The molecule has 1 aliphatic heterocycles. The first-order chi connectivity index (χ1) is 11.7. The van der Waals surface area contributed by atoms with Gasteiger partial charge in [-0.1, -0.05) is 30.3 Å². The summed E-state index contributed by atoms with van der Waals surface area (Å²) in [7, 11) is 0. The van der Waals surface area contributed by atoms with E-state index < -0.39 is 0 Å². The number of hydrogen-bond acceptors (Lipinski definition) is 3. The van der Waals surface area contributed by atoms with Crippen LogP contribution in [0.2, 0.25) is 0 Å². The second-order valence-electron chi connectivity index (χ2n) is 6.09. The van der Waals surface area contributed by atoms with Crippen molar-refractivity contribution >= 4 is 11.6 Å². The fourth-order valence-electron chi connectivity index (χ4n) is 3.22. The maximum atomic E-state index is 12.6. The van der Waals surface area contributed by atoms with Gasteiger partial charge < -0.3 is 10.1 Å². The summed E-state index contributed by atoms with van der Waals surface area (Å²) in [5.74, 6) is -0.117. The molecule has 1 aliphatic rings. The van der Waals surface area contributed by atoms with Gasteiger partial charge in [-0.2, -0.15) is 0 Å². The molecule has 0 spiro atoms. The second kappa shape index (κ2) is 6.09. The molecule has 4 rings (SSSR count). The highest BCUT2D eigenvalue weighted by molar-refractivity contribution is 5.94. The summed E-state index contributed by atoms with van der Waals surface area (Å²) < 4.78 is 7.67. The van der Waals surface area contributed by atoms with Crippen LogP contribution in [0.15, 0.2) is 48.7 Å². The van der Waals surface area contributed by atoms with Gasteiger partial charge >= 0.3 is 0 Å². The smallest absolute Gasteiger partial charge is 0.270 e. The van der Waals surface area contributed by atoms with Crippen LogP contribution in [0, 0.1) is 6.92 Å². The number of aryl methyl sites for hydroxylation is 1. The quantitative estimate of drug-likeness (QED) is 0.806. The minimum absolute atomic E-state index is 0.00309. The van der Waals surface area contributed by atoms with Gasteiger partial charge in [0.2, 0.25) is 0 Å². The summed E-state index contributed by atoms with van der Waals surface area (Å²) in [5, 5.41) is 2.99. The van der Waals surface area contributed by atoms with Crippen LogP contribution in [0.5, 0.6) is 0 Å². The Hall–Kier alpha value is -2.66. The lowest BCUT2D eigenvalue weighted by Crippen LogP contribution is -2.37. The van der Waals surface area contributed by atoms with E-state index in [0.717, 1.165) is 17.8 Å². The first-order valence-corrected chi connectivity index (χ1v) is 8.12. The molecule has 1 atom stereocenters. The molecular formula is C19H19N3O2. The Labute approximate surface area is 140 Å². The molecule has 122 valence electrons. The number of aromatic nitrogens is 2. The highest BCUT2D eigenvalue weighted by Crippen LogP contribution is 2.20. The van der Waals surface area contributed by atoms with Crippen LogP contribution in [0.4, 0.5) is 0 Å². The lowest BCUT2D eigenvalue weighted by Gasteiger charge is -2.25. The molecule has 1 unspecified atom stereocenters. The first kappa shape index (κ1) is 14.9. The SMILES string of the molecule is Cc1nc2ccccn2c1C(=O)NCC1Cc2ccccc2CO1.